The summed E-state index contributed by atoms with van der Waals surface area (Å²) < 4.78 is 5.54. The number of nitrogens with one attached hydrogen (secondary N) is 1. The highest BCUT2D eigenvalue weighted by Crippen LogP contribution is 2.29. The third-order valence-electron chi connectivity index (χ3n) is 5.12. The number of aromatic nitrogens is 1. The number of rotatable bonds is 1. The molecule has 2 heterocycles. The zero-order valence-electron chi connectivity index (χ0n) is 13.7. The van der Waals surface area contributed by atoms with Crippen LogP contribution in [0.1, 0.15) is 47.8 Å². The highest BCUT2D eigenvalue weighted by molar-refractivity contribution is 5.99. The second-order valence-corrected chi connectivity index (χ2v) is 6.84. The smallest absolute Gasteiger partial charge is 0.254 e. The lowest BCUT2D eigenvalue weighted by molar-refractivity contribution is -0.0124. The number of morpholine rings is 1. The summed E-state index contributed by atoms with van der Waals surface area (Å²) in [7, 11) is 0. The van der Waals surface area contributed by atoms with Crippen LogP contribution in [0.3, 0.4) is 0 Å². The highest BCUT2D eigenvalue weighted by atomic mass is 16.5. The van der Waals surface area contributed by atoms with Crippen LogP contribution in [-0.2, 0) is 17.6 Å². The second-order valence-electron chi connectivity index (χ2n) is 6.84. The van der Waals surface area contributed by atoms with Gasteiger partial charge in [-0.25, -0.2) is 0 Å². The molecule has 1 aliphatic heterocycles. The molecule has 1 amide bonds. The summed E-state index contributed by atoms with van der Waals surface area (Å²) in [5.74, 6) is 0.130. The van der Waals surface area contributed by atoms with Crippen LogP contribution in [0.5, 0.6) is 0 Å². The maximum absolute atomic E-state index is 12.8. The SMILES string of the molecule is C[C@H]1CN(C(=O)c2ccc3[nH]c4c(c3c2)CCCCC4)CCO1. The first-order valence-corrected chi connectivity index (χ1v) is 8.77. The molecular weight excluding hydrogens is 288 g/mol. The molecular formula is C19H24N2O2. The third kappa shape index (κ3) is 2.76. The molecule has 0 radical (unpaired) electrons. The van der Waals surface area contributed by atoms with Crippen molar-refractivity contribution in [1.29, 1.82) is 0 Å². The molecule has 0 unspecified atom stereocenters. The summed E-state index contributed by atoms with van der Waals surface area (Å²) in [5, 5.41) is 1.24. The Morgan fingerprint density at radius 1 is 1.26 bits per heavy atom. The molecule has 0 saturated carbocycles. The van der Waals surface area contributed by atoms with Crippen LogP contribution in [0.2, 0.25) is 0 Å². The number of fused-ring (bicyclic) bond motifs is 3. The molecule has 0 spiro atoms. The average Bonchev–Trinajstić information content (AvgIpc) is 2.74. The fourth-order valence-corrected chi connectivity index (χ4v) is 3.90. The molecule has 2 aromatic rings. The van der Waals surface area contributed by atoms with E-state index in [9.17, 15) is 4.79 Å². The van der Waals surface area contributed by atoms with E-state index < -0.39 is 0 Å². The van der Waals surface area contributed by atoms with Gasteiger partial charge >= 0.3 is 0 Å². The topological polar surface area (TPSA) is 45.3 Å². The molecule has 4 heteroatoms. The molecule has 1 fully saturated rings. The Morgan fingerprint density at radius 3 is 3.00 bits per heavy atom. The number of nitrogens with zero attached hydrogens (tertiary/aromatic N) is 1. The molecule has 1 aromatic carbocycles. The van der Waals surface area contributed by atoms with Crippen molar-refractivity contribution in [3.63, 3.8) is 0 Å². The predicted octanol–water partition coefficient (Wildman–Crippen LogP) is 3.30. The normalized spacial score (nSPS) is 22.0. The van der Waals surface area contributed by atoms with Crippen LogP contribution >= 0.6 is 0 Å². The van der Waals surface area contributed by atoms with E-state index in [4.69, 9.17) is 4.74 Å². The standard InChI is InChI=1S/C19H24N2O2/c1-13-12-21(9-10-23-13)19(22)14-7-8-18-16(11-14)15-5-3-2-4-6-17(15)20-18/h7-8,11,13,20H,2-6,9-10,12H2,1H3/t13-/m0/s1. The molecule has 1 atom stereocenters. The van der Waals surface area contributed by atoms with Gasteiger partial charge in [-0.1, -0.05) is 6.42 Å². The van der Waals surface area contributed by atoms with Gasteiger partial charge in [0.2, 0.25) is 0 Å². The van der Waals surface area contributed by atoms with Crippen LogP contribution in [-0.4, -0.2) is 41.6 Å². The fourth-order valence-electron chi connectivity index (χ4n) is 3.90. The van der Waals surface area contributed by atoms with Gasteiger partial charge in [-0.15, -0.1) is 0 Å². The van der Waals surface area contributed by atoms with Crippen LogP contribution in [0.25, 0.3) is 10.9 Å². The van der Waals surface area contributed by atoms with Crippen molar-refractivity contribution in [2.24, 2.45) is 0 Å². The summed E-state index contributed by atoms with van der Waals surface area (Å²) in [6, 6.07) is 6.13. The molecule has 122 valence electrons. The summed E-state index contributed by atoms with van der Waals surface area (Å²) in [6.07, 6.45) is 6.19. The second kappa shape index (κ2) is 6.00. The van der Waals surface area contributed by atoms with E-state index in [1.165, 1.54) is 41.4 Å². The first kappa shape index (κ1) is 14.8. The molecule has 1 saturated heterocycles. The van der Waals surface area contributed by atoms with Gasteiger partial charge < -0.3 is 14.6 Å². The lowest BCUT2D eigenvalue weighted by Gasteiger charge is -2.31. The van der Waals surface area contributed by atoms with Crippen molar-refractivity contribution in [3.05, 3.63) is 35.0 Å². The number of benzene rings is 1. The van der Waals surface area contributed by atoms with E-state index in [0.29, 0.717) is 19.7 Å². The Labute approximate surface area is 136 Å². The van der Waals surface area contributed by atoms with Gasteiger partial charge in [0, 0.05) is 35.2 Å². The monoisotopic (exact) mass is 312 g/mol. The predicted molar refractivity (Wildman–Crippen MR) is 90.9 cm³/mol. The third-order valence-corrected chi connectivity index (χ3v) is 5.12. The van der Waals surface area contributed by atoms with Crippen molar-refractivity contribution in [2.75, 3.05) is 19.7 Å². The van der Waals surface area contributed by atoms with Crippen molar-refractivity contribution in [1.82, 2.24) is 9.88 Å². The van der Waals surface area contributed by atoms with Crippen molar-refractivity contribution in [2.45, 2.75) is 45.1 Å². The Morgan fingerprint density at radius 2 is 2.13 bits per heavy atom. The quantitative estimate of drug-likeness (QED) is 0.821. The zero-order chi connectivity index (χ0) is 15.8. The van der Waals surface area contributed by atoms with E-state index in [1.807, 2.05) is 17.9 Å². The number of hydrogen-bond acceptors (Lipinski definition) is 2. The lowest BCUT2D eigenvalue weighted by Crippen LogP contribution is -2.44. The maximum atomic E-state index is 12.8. The van der Waals surface area contributed by atoms with Crippen LogP contribution in [0.15, 0.2) is 18.2 Å². The van der Waals surface area contributed by atoms with E-state index in [0.717, 1.165) is 18.4 Å². The number of hydrogen-bond donors (Lipinski definition) is 1. The molecule has 1 N–H and O–H groups in total. The van der Waals surface area contributed by atoms with Gasteiger partial charge in [0.15, 0.2) is 0 Å². The number of carbonyl (C=O) groups is 1. The number of H-pyrrole nitrogens is 1. The van der Waals surface area contributed by atoms with Gasteiger partial charge in [-0.3, -0.25) is 4.79 Å². The minimum absolute atomic E-state index is 0.125. The van der Waals surface area contributed by atoms with Gasteiger partial charge in [-0.2, -0.15) is 0 Å². The Hall–Kier alpha value is -1.81. The summed E-state index contributed by atoms with van der Waals surface area (Å²) in [5.41, 5.74) is 4.78. The van der Waals surface area contributed by atoms with E-state index in [1.54, 1.807) is 0 Å². The number of amides is 1. The summed E-state index contributed by atoms with van der Waals surface area (Å²) >= 11 is 0. The fraction of sp³-hybridized carbons (Fsp3) is 0.526. The van der Waals surface area contributed by atoms with Gasteiger partial charge in [-0.05, 0) is 56.4 Å². The van der Waals surface area contributed by atoms with Gasteiger partial charge in [0.05, 0.1) is 12.7 Å². The zero-order valence-corrected chi connectivity index (χ0v) is 13.7. The van der Waals surface area contributed by atoms with E-state index >= 15 is 0 Å². The minimum atomic E-state index is 0.125. The van der Waals surface area contributed by atoms with Crippen LogP contribution < -0.4 is 0 Å². The Kier molecular flexibility index (Phi) is 3.85. The van der Waals surface area contributed by atoms with E-state index in [-0.39, 0.29) is 12.0 Å². The van der Waals surface area contributed by atoms with Gasteiger partial charge in [0.25, 0.3) is 5.91 Å². The molecule has 1 aliphatic carbocycles. The highest BCUT2D eigenvalue weighted by Gasteiger charge is 2.23. The van der Waals surface area contributed by atoms with Gasteiger partial charge in [0.1, 0.15) is 0 Å². The maximum Gasteiger partial charge on any atom is 0.254 e. The first-order chi connectivity index (χ1) is 11.2. The number of ether oxygens (including phenoxy) is 1. The number of aromatic amines is 1. The van der Waals surface area contributed by atoms with E-state index in [2.05, 4.69) is 17.1 Å². The number of aryl methyl sites for hydroxylation is 2. The van der Waals surface area contributed by atoms with Crippen molar-refractivity contribution >= 4 is 16.8 Å². The average molecular weight is 312 g/mol. The Balaban J connectivity index is 1.68. The number of carbonyl (C=O) groups excluding carboxylic acids is 1. The molecule has 0 bridgehead atoms. The van der Waals surface area contributed by atoms with Crippen molar-refractivity contribution < 1.29 is 9.53 Å². The summed E-state index contributed by atoms with van der Waals surface area (Å²) in [6.45, 7) is 4.03. The molecule has 4 nitrogen and oxygen atoms in total. The molecule has 2 aliphatic rings. The van der Waals surface area contributed by atoms with Crippen molar-refractivity contribution in [3.8, 4) is 0 Å². The lowest BCUT2D eigenvalue weighted by atomic mass is 10.0. The van der Waals surface area contributed by atoms with Crippen LogP contribution in [0.4, 0.5) is 0 Å². The summed E-state index contributed by atoms with van der Waals surface area (Å²) in [4.78, 5) is 18.3. The Bertz CT molecular complexity index is 734. The molecule has 23 heavy (non-hydrogen) atoms. The largest absolute Gasteiger partial charge is 0.375 e. The molecule has 1 aromatic heterocycles. The minimum Gasteiger partial charge on any atom is -0.375 e. The first-order valence-electron chi connectivity index (χ1n) is 8.77. The van der Waals surface area contributed by atoms with Crippen LogP contribution in [0, 0.1) is 0 Å². The molecule has 4 rings (SSSR count).